The summed E-state index contributed by atoms with van der Waals surface area (Å²) >= 11 is 0. The van der Waals surface area contributed by atoms with E-state index in [1.165, 1.54) is 26.3 Å². The van der Waals surface area contributed by atoms with Crippen LogP contribution in [0.25, 0.3) is 0 Å². The predicted molar refractivity (Wildman–Crippen MR) is 59.2 cm³/mol. The SMILES string of the molecule is COC(=O)[C@H](NC(=O)c1ccccn1)[C@H](C)O. The molecule has 1 aromatic heterocycles. The van der Waals surface area contributed by atoms with Crippen molar-refractivity contribution in [3.05, 3.63) is 30.1 Å². The first-order valence-electron chi connectivity index (χ1n) is 5.04. The Hall–Kier alpha value is -1.95. The van der Waals surface area contributed by atoms with Crippen LogP contribution in [0, 0.1) is 0 Å². The number of aliphatic hydroxyl groups is 1. The minimum Gasteiger partial charge on any atom is -0.467 e. The van der Waals surface area contributed by atoms with E-state index in [4.69, 9.17) is 0 Å². The molecule has 0 radical (unpaired) electrons. The van der Waals surface area contributed by atoms with Gasteiger partial charge in [0.1, 0.15) is 5.69 Å². The Morgan fingerprint density at radius 1 is 1.47 bits per heavy atom. The van der Waals surface area contributed by atoms with Crippen LogP contribution in [0.1, 0.15) is 17.4 Å². The summed E-state index contributed by atoms with van der Waals surface area (Å²) in [7, 11) is 1.19. The quantitative estimate of drug-likeness (QED) is 0.705. The van der Waals surface area contributed by atoms with E-state index in [1.54, 1.807) is 12.1 Å². The Kier molecular flexibility index (Phi) is 4.59. The number of nitrogens with one attached hydrogen (secondary N) is 1. The third-order valence-electron chi connectivity index (χ3n) is 2.12. The van der Waals surface area contributed by atoms with Crippen molar-refractivity contribution in [2.75, 3.05) is 7.11 Å². The number of aliphatic hydroxyl groups excluding tert-OH is 1. The van der Waals surface area contributed by atoms with E-state index in [-0.39, 0.29) is 5.69 Å². The second-order valence-electron chi connectivity index (χ2n) is 3.43. The molecule has 0 unspecified atom stereocenters. The number of nitrogens with zero attached hydrogens (tertiary/aromatic N) is 1. The van der Waals surface area contributed by atoms with Crippen LogP contribution in [0.5, 0.6) is 0 Å². The molecule has 2 N–H and O–H groups in total. The summed E-state index contributed by atoms with van der Waals surface area (Å²) in [6.07, 6.45) is 0.417. The molecule has 0 bridgehead atoms. The highest BCUT2D eigenvalue weighted by Crippen LogP contribution is 1.99. The first kappa shape index (κ1) is 13.1. The number of hydrogen-bond donors (Lipinski definition) is 2. The molecule has 2 atom stereocenters. The number of carbonyl (C=O) groups excluding carboxylic acids is 2. The van der Waals surface area contributed by atoms with Gasteiger partial charge in [-0.05, 0) is 19.1 Å². The van der Waals surface area contributed by atoms with Crippen LogP contribution in [0.4, 0.5) is 0 Å². The maximum absolute atomic E-state index is 11.7. The minimum atomic E-state index is -1.10. The number of ether oxygens (including phenoxy) is 1. The molecule has 6 heteroatoms. The van der Waals surface area contributed by atoms with Gasteiger partial charge in [0.2, 0.25) is 0 Å². The highest BCUT2D eigenvalue weighted by atomic mass is 16.5. The topological polar surface area (TPSA) is 88.5 Å². The van der Waals surface area contributed by atoms with Gasteiger partial charge in [-0.15, -0.1) is 0 Å². The van der Waals surface area contributed by atoms with Crippen molar-refractivity contribution >= 4 is 11.9 Å². The van der Waals surface area contributed by atoms with Crippen LogP contribution >= 0.6 is 0 Å². The smallest absolute Gasteiger partial charge is 0.331 e. The zero-order valence-electron chi connectivity index (χ0n) is 9.58. The monoisotopic (exact) mass is 238 g/mol. The van der Waals surface area contributed by atoms with Crippen molar-refractivity contribution in [1.29, 1.82) is 0 Å². The largest absolute Gasteiger partial charge is 0.467 e. The molecular weight excluding hydrogens is 224 g/mol. The molecule has 1 amide bonds. The molecule has 1 aromatic rings. The molecule has 0 aliphatic heterocycles. The number of aromatic nitrogens is 1. The molecule has 0 saturated carbocycles. The average molecular weight is 238 g/mol. The molecular formula is C11H14N2O4. The number of carbonyl (C=O) groups is 2. The van der Waals surface area contributed by atoms with Crippen molar-refractivity contribution in [1.82, 2.24) is 10.3 Å². The van der Waals surface area contributed by atoms with Crippen LogP contribution in [-0.4, -0.2) is 41.2 Å². The first-order chi connectivity index (χ1) is 8.06. The van der Waals surface area contributed by atoms with Gasteiger partial charge in [-0.25, -0.2) is 4.79 Å². The highest BCUT2D eigenvalue weighted by Gasteiger charge is 2.26. The summed E-state index contributed by atoms with van der Waals surface area (Å²) in [5.41, 5.74) is 0.169. The number of hydrogen-bond acceptors (Lipinski definition) is 5. The fourth-order valence-electron chi connectivity index (χ4n) is 1.22. The van der Waals surface area contributed by atoms with E-state index in [0.717, 1.165) is 0 Å². The summed E-state index contributed by atoms with van der Waals surface area (Å²) in [4.78, 5) is 26.8. The molecule has 0 aromatic carbocycles. The maximum atomic E-state index is 11.7. The van der Waals surface area contributed by atoms with Crippen molar-refractivity contribution < 1.29 is 19.4 Å². The normalized spacial score (nSPS) is 13.6. The van der Waals surface area contributed by atoms with Gasteiger partial charge >= 0.3 is 5.97 Å². The third kappa shape index (κ3) is 3.53. The minimum absolute atomic E-state index is 0.169. The van der Waals surface area contributed by atoms with E-state index in [2.05, 4.69) is 15.0 Å². The molecule has 17 heavy (non-hydrogen) atoms. The fraction of sp³-hybridized carbons (Fsp3) is 0.364. The van der Waals surface area contributed by atoms with Gasteiger partial charge in [0.15, 0.2) is 6.04 Å². The lowest BCUT2D eigenvalue weighted by Gasteiger charge is -2.18. The Morgan fingerprint density at radius 3 is 2.65 bits per heavy atom. The second kappa shape index (κ2) is 5.95. The molecule has 0 aliphatic carbocycles. The van der Waals surface area contributed by atoms with Gasteiger partial charge in [0, 0.05) is 6.20 Å². The van der Waals surface area contributed by atoms with Gasteiger partial charge in [-0.2, -0.15) is 0 Å². The summed E-state index contributed by atoms with van der Waals surface area (Å²) in [5, 5.41) is 11.7. The van der Waals surface area contributed by atoms with Crippen molar-refractivity contribution in [2.24, 2.45) is 0 Å². The Labute approximate surface area is 98.6 Å². The summed E-state index contributed by atoms with van der Waals surface area (Å²) in [6, 6.07) is 3.72. The Bertz CT molecular complexity index is 392. The summed E-state index contributed by atoms with van der Waals surface area (Å²) in [6.45, 7) is 1.39. The van der Waals surface area contributed by atoms with E-state index < -0.39 is 24.0 Å². The zero-order valence-corrected chi connectivity index (χ0v) is 9.58. The van der Waals surface area contributed by atoms with Crippen LogP contribution in [0.15, 0.2) is 24.4 Å². The number of pyridine rings is 1. The lowest BCUT2D eigenvalue weighted by atomic mass is 10.2. The van der Waals surface area contributed by atoms with E-state index in [9.17, 15) is 14.7 Å². The van der Waals surface area contributed by atoms with E-state index in [1.807, 2.05) is 0 Å². The van der Waals surface area contributed by atoms with Crippen LogP contribution in [0.2, 0.25) is 0 Å². The molecule has 1 rings (SSSR count). The predicted octanol–water partition coefficient (Wildman–Crippen LogP) is -0.266. The molecule has 0 saturated heterocycles. The summed E-state index contributed by atoms with van der Waals surface area (Å²) < 4.78 is 4.48. The molecule has 6 nitrogen and oxygen atoms in total. The van der Waals surface area contributed by atoms with Gasteiger partial charge in [-0.1, -0.05) is 6.07 Å². The lowest BCUT2D eigenvalue weighted by Crippen LogP contribution is -2.48. The van der Waals surface area contributed by atoms with E-state index in [0.29, 0.717) is 0 Å². The zero-order chi connectivity index (χ0) is 12.8. The van der Waals surface area contributed by atoms with Crippen LogP contribution in [0.3, 0.4) is 0 Å². The van der Waals surface area contributed by atoms with Crippen LogP contribution in [-0.2, 0) is 9.53 Å². The van der Waals surface area contributed by atoms with Gasteiger partial charge < -0.3 is 15.2 Å². The average Bonchev–Trinajstić information content (AvgIpc) is 2.35. The highest BCUT2D eigenvalue weighted by molar-refractivity contribution is 5.95. The lowest BCUT2D eigenvalue weighted by molar-refractivity contribution is -0.145. The van der Waals surface area contributed by atoms with Crippen molar-refractivity contribution in [2.45, 2.75) is 19.1 Å². The molecule has 1 heterocycles. The van der Waals surface area contributed by atoms with E-state index >= 15 is 0 Å². The molecule has 0 fully saturated rings. The van der Waals surface area contributed by atoms with Crippen LogP contribution < -0.4 is 5.32 Å². The molecule has 92 valence electrons. The number of amides is 1. The van der Waals surface area contributed by atoms with Gasteiger partial charge in [0.05, 0.1) is 13.2 Å². The van der Waals surface area contributed by atoms with Gasteiger partial charge in [0.25, 0.3) is 5.91 Å². The number of methoxy groups -OCH3 is 1. The van der Waals surface area contributed by atoms with Gasteiger partial charge in [-0.3, -0.25) is 9.78 Å². The van der Waals surface area contributed by atoms with Crippen molar-refractivity contribution in [3.8, 4) is 0 Å². The summed E-state index contributed by atoms with van der Waals surface area (Å²) in [5.74, 6) is -1.24. The Balaban J connectivity index is 2.75. The number of esters is 1. The third-order valence-corrected chi connectivity index (χ3v) is 2.12. The van der Waals surface area contributed by atoms with Crippen molar-refractivity contribution in [3.63, 3.8) is 0 Å². The molecule has 0 aliphatic rings. The standard InChI is InChI=1S/C11H14N2O4/c1-7(14)9(11(16)17-2)13-10(15)8-5-3-4-6-12-8/h3-7,9,14H,1-2H3,(H,13,15)/t7-,9+/m0/s1. The maximum Gasteiger partial charge on any atom is 0.331 e. The number of rotatable bonds is 4. The molecule has 0 spiro atoms. The second-order valence-corrected chi connectivity index (χ2v) is 3.43. The Morgan fingerprint density at radius 2 is 2.18 bits per heavy atom. The first-order valence-corrected chi connectivity index (χ1v) is 5.04. The fourth-order valence-corrected chi connectivity index (χ4v) is 1.22.